The number of nitrogens with zero attached hydrogens (tertiary/aromatic N) is 7. The van der Waals surface area contributed by atoms with Gasteiger partial charge in [-0.3, -0.25) is 9.78 Å². The Morgan fingerprint density at radius 3 is 2.55 bits per heavy atom. The van der Waals surface area contributed by atoms with Gasteiger partial charge in [0.25, 0.3) is 5.56 Å². The summed E-state index contributed by atoms with van der Waals surface area (Å²) in [6.45, 7) is 3.94. The van der Waals surface area contributed by atoms with Crippen molar-refractivity contribution in [2.24, 2.45) is 0 Å². The first-order valence-corrected chi connectivity index (χ1v) is 10.5. The Hall–Kier alpha value is -3.62. The summed E-state index contributed by atoms with van der Waals surface area (Å²) in [6, 6.07) is 9.57. The highest BCUT2D eigenvalue weighted by atomic mass is 16.1. The van der Waals surface area contributed by atoms with Crippen LogP contribution in [0.25, 0.3) is 17.0 Å². The molecule has 0 aliphatic heterocycles. The van der Waals surface area contributed by atoms with Gasteiger partial charge in [0.1, 0.15) is 11.3 Å². The molecule has 4 aromatic rings. The lowest BCUT2D eigenvalue weighted by Crippen LogP contribution is -2.33. The third-order valence-corrected chi connectivity index (χ3v) is 5.76. The van der Waals surface area contributed by atoms with Crippen molar-refractivity contribution in [1.29, 1.82) is 0 Å². The number of anilines is 1. The van der Waals surface area contributed by atoms with Crippen LogP contribution in [-0.2, 0) is 0 Å². The van der Waals surface area contributed by atoms with Crippen LogP contribution in [0.2, 0.25) is 0 Å². The molecule has 0 spiro atoms. The molecule has 1 fully saturated rings. The van der Waals surface area contributed by atoms with Crippen molar-refractivity contribution >= 4 is 17.0 Å². The SMILES string of the molecule is Cc1cc(C)n(-c2ccc(=O)n(C3CCC(Nc4ccc5nccnc5n4)CC3)n2)n1. The molecular formula is C22H24N8O. The smallest absolute Gasteiger partial charge is 0.267 e. The second-order valence-corrected chi connectivity index (χ2v) is 8.06. The summed E-state index contributed by atoms with van der Waals surface area (Å²) in [4.78, 5) is 25.6. The van der Waals surface area contributed by atoms with Crippen LogP contribution in [0.5, 0.6) is 0 Å². The van der Waals surface area contributed by atoms with Gasteiger partial charge in [0.15, 0.2) is 11.5 Å². The molecule has 0 amide bonds. The summed E-state index contributed by atoms with van der Waals surface area (Å²) in [5, 5.41) is 12.6. The molecule has 1 N–H and O–H groups in total. The Morgan fingerprint density at radius 2 is 1.77 bits per heavy atom. The summed E-state index contributed by atoms with van der Waals surface area (Å²) in [5.41, 5.74) is 3.27. The van der Waals surface area contributed by atoms with E-state index < -0.39 is 0 Å². The maximum Gasteiger partial charge on any atom is 0.267 e. The minimum absolute atomic E-state index is 0.0727. The second-order valence-electron chi connectivity index (χ2n) is 8.06. The highest BCUT2D eigenvalue weighted by Gasteiger charge is 2.24. The van der Waals surface area contributed by atoms with E-state index in [1.165, 1.54) is 0 Å². The summed E-state index contributed by atoms with van der Waals surface area (Å²) in [6.07, 6.45) is 6.93. The van der Waals surface area contributed by atoms with Gasteiger partial charge < -0.3 is 5.32 Å². The molecule has 1 aliphatic carbocycles. The van der Waals surface area contributed by atoms with E-state index >= 15 is 0 Å². The molecule has 0 saturated heterocycles. The number of rotatable bonds is 4. The number of nitrogens with one attached hydrogen (secondary N) is 1. The lowest BCUT2D eigenvalue weighted by atomic mass is 9.91. The van der Waals surface area contributed by atoms with Gasteiger partial charge in [-0.1, -0.05) is 0 Å². The molecule has 0 radical (unpaired) electrons. The zero-order valence-electron chi connectivity index (χ0n) is 17.6. The molecule has 1 aliphatic rings. The molecule has 4 heterocycles. The number of fused-ring (bicyclic) bond motifs is 1. The van der Waals surface area contributed by atoms with E-state index in [2.05, 4.69) is 30.5 Å². The molecule has 158 valence electrons. The molecule has 5 rings (SSSR count). The lowest BCUT2D eigenvalue weighted by molar-refractivity contribution is 0.302. The van der Waals surface area contributed by atoms with Crippen molar-refractivity contribution in [3.8, 4) is 5.82 Å². The molecule has 4 aromatic heterocycles. The zero-order valence-corrected chi connectivity index (χ0v) is 17.6. The van der Waals surface area contributed by atoms with Gasteiger partial charge in [-0.05, 0) is 63.8 Å². The number of pyridine rings is 1. The maximum atomic E-state index is 12.5. The van der Waals surface area contributed by atoms with Crippen molar-refractivity contribution in [2.45, 2.75) is 51.6 Å². The van der Waals surface area contributed by atoms with Crippen molar-refractivity contribution in [3.05, 3.63) is 64.5 Å². The van der Waals surface area contributed by atoms with Crippen LogP contribution in [0.15, 0.2) is 47.5 Å². The molecule has 0 unspecified atom stereocenters. The first kappa shape index (κ1) is 19.3. The highest BCUT2D eigenvalue weighted by Crippen LogP contribution is 2.29. The molecule has 9 heteroatoms. The fourth-order valence-corrected chi connectivity index (χ4v) is 4.26. The van der Waals surface area contributed by atoms with E-state index in [4.69, 9.17) is 0 Å². The predicted octanol–water partition coefficient (Wildman–Crippen LogP) is 2.98. The largest absolute Gasteiger partial charge is 0.367 e. The number of hydrogen-bond donors (Lipinski definition) is 1. The van der Waals surface area contributed by atoms with Crippen LogP contribution < -0.4 is 10.9 Å². The highest BCUT2D eigenvalue weighted by molar-refractivity contribution is 5.71. The molecule has 0 bridgehead atoms. The van der Waals surface area contributed by atoms with E-state index in [-0.39, 0.29) is 11.6 Å². The summed E-state index contributed by atoms with van der Waals surface area (Å²) >= 11 is 0. The third-order valence-electron chi connectivity index (χ3n) is 5.76. The van der Waals surface area contributed by atoms with Crippen LogP contribution >= 0.6 is 0 Å². The van der Waals surface area contributed by atoms with Gasteiger partial charge in [0, 0.05) is 30.2 Å². The van der Waals surface area contributed by atoms with E-state index in [1.54, 1.807) is 33.9 Å². The third kappa shape index (κ3) is 3.90. The maximum absolute atomic E-state index is 12.5. The van der Waals surface area contributed by atoms with Gasteiger partial charge in [-0.15, -0.1) is 5.10 Å². The van der Waals surface area contributed by atoms with E-state index in [0.29, 0.717) is 17.5 Å². The molecule has 0 atom stereocenters. The van der Waals surface area contributed by atoms with Crippen LogP contribution in [-0.4, -0.2) is 40.6 Å². The Balaban J connectivity index is 1.29. The first-order chi connectivity index (χ1) is 15.1. The summed E-state index contributed by atoms with van der Waals surface area (Å²) < 4.78 is 3.42. The van der Waals surface area contributed by atoms with E-state index in [1.807, 2.05) is 32.0 Å². The van der Waals surface area contributed by atoms with Gasteiger partial charge in [-0.2, -0.15) is 5.10 Å². The second kappa shape index (κ2) is 7.90. The lowest BCUT2D eigenvalue weighted by Gasteiger charge is -2.30. The predicted molar refractivity (Wildman–Crippen MR) is 117 cm³/mol. The standard InChI is InChI=1S/C22H24N8O/c1-14-13-15(2)29(27-14)20-9-10-21(31)30(28-20)17-5-3-16(4-6-17)25-19-8-7-18-22(26-19)24-12-11-23-18/h7-13,16-17H,3-6H2,1-2H3,(H,24,25,26). The monoisotopic (exact) mass is 416 g/mol. The van der Waals surface area contributed by atoms with Gasteiger partial charge >= 0.3 is 0 Å². The summed E-state index contributed by atoms with van der Waals surface area (Å²) in [7, 11) is 0. The van der Waals surface area contributed by atoms with Crippen LogP contribution in [0, 0.1) is 13.8 Å². The molecule has 1 saturated carbocycles. The number of hydrogen-bond acceptors (Lipinski definition) is 7. The van der Waals surface area contributed by atoms with Gasteiger partial charge in [-0.25, -0.2) is 19.3 Å². The number of aromatic nitrogens is 7. The van der Waals surface area contributed by atoms with Crippen molar-refractivity contribution in [3.63, 3.8) is 0 Å². The fourth-order valence-electron chi connectivity index (χ4n) is 4.26. The Morgan fingerprint density at radius 1 is 0.968 bits per heavy atom. The van der Waals surface area contributed by atoms with E-state index in [0.717, 1.165) is 48.4 Å². The van der Waals surface area contributed by atoms with E-state index in [9.17, 15) is 4.79 Å². The van der Waals surface area contributed by atoms with Gasteiger partial charge in [0.05, 0.1) is 11.7 Å². The molecule has 31 heavy (non-hydrogen) atoms. The summed E-state index contributed by atoms with van der Waals surface area (Å²) in [5.74, 6) is 1.48. The average molecular weight is 416 g/mol. The van der Waals surface area contributed by atoms with Crippen molar-refractivity contribution in [1.82, 2.24) is 34.5 Å². The first-order valence-electron chi connectivity index (χ1n) is 10.5. The Bertz CT molecular complexity index is 1290. The van der Waals surface area contributed by atoms with Crippen LogP contribution in [0.4, 0.5) is 5.82 Å². The fraction of sp³-hybridized carbons (Fsp3) is 0.364. The van der Waals surface area contributed by atoms with Crippen molar-refractivity contribution < 1.29 is 0 Å². The quantitative estimate of drug-likeness (QED) is 0.545. The van der Waals surface area contributed by atoms with Crippen LogP contribution in [0.3, 0.4) is 0 Å². The minimum Gasteiger partial charge on any atom is -0.367 e. The molecular weight excluding hydrogens is 392 g/mol. The Labute approximate surface area is 179 Å². The number of aryl methyl sites for hydroxylation is 2. The minimum atomic E-state index is -0.0727. The molecule has 0 aromatic carbocycles. The Kier molecular flexibility index (Phi) is 4.93. The van der Waals surface area contributed by atoms with Crippen LogP contribution in [0.1, 0.15) is 43.1 Å². The van der Waals surface area contributed by atoms with Crippen molar-refractivity contribution in [2.75, 3.05) is 5.32 Å². The molecule has 9 nitrogen and oxygen atoms in total. The normalized spacial score (nSPS) is 18.9. The average Bonchev–Trinajstić information content (AvgIpc) is 3.12. The zero-order chi connectivity index (χ0) is 21.4. The topological polar surface area (TPSA) is 103 Å². The van der Waals surface area contributed by atoms with Gasteiger partial charge in [0.2, 0.25) is 0 Å².